The summed E-state index contributed by atoms with van der Waals surface area (Å²) in [6, 6.07) is 22.8. The molecule has 0 heterocycles. The van der Waals surface area contributed by atoms with Gasteiger partial charge in [-0.3, -0.25) is 9.59 Å². The minimum Gasteiger partial charge on any atom is -0.489 e. The van der Waals surface area contributed by atoms with E-state index >= 15 is 0 Å². The highest BCUT2D eigenvalue weighted by atomic mass is 16.5. The number of carbonyl (C=O) groups excluding carboxylic acids is 3. The van der Waals surface area contributed by atoms with E-state index in [-0.39, 0.29) is 11.3 Å². The number of ketones is 1. The molecule has 1 amide bonds. The lowest BCUT2D eigenvalue weighted by Gasteiger charge is -2.14. The zero-order chi connectivity index (χ0) is 22.2. The molecule has 0 radical (unpaired) electrons. The number of ether oxygens (including phenoxy) is 2. The Morgan fingerprint density at radius 1 is 0.871 bits per heavy atom. The molecule has 0 spiro atoms. The second-order valence-corrected chi connectivity index (χ2v) is 6.97. The molecule has 1 unspecified atom stereocenters. The molecule has 0 saturated heterocycles. The van der Waals surface area contributed by atoms with E-state index in [4.69, 9.17) is 9.47 Å². The van der Waals surface area contributed by atoms with Crippen LogP contribution in [0.15, 0.2) is 78.9 Å². The molecule has 3 aromatic carbocycles. The number of nitrogens with one attached hydrogen (secondary N) is 1. The topological polar surface area (TPSA) is 81.7 Å². The Kier molecular flexibility index (Phi) is 7.17. The number of esters is 1. The first kappa shape index (κ1) is 21.8. The van der Waals surface area contributed by atoms with Crippen molar-refractivity contribution in [1.82, 2.24) is 0 Å². The summed E-state index contributed by atoms with van der Waals surface area (Å²) in [5, 5.41) is 2.66. The molecule has 0 aromatic heterocycles. The van der Waals surface area contributed by atoms with Gasteiger partial charge in [-0.2, -0.15) is 0 Å². The summed E-state index contributed by atoms with van der Waals surface area (Å²) in [6.45, 7) is 3.34. The van der Waals surface area contributed by atoms with Crippen molar-refractivity contribution in [2.45, 2.75) is 26.6 Å². The lowest BCUT2D eigenvalue weighted by Crippen LogP contribution is -2.30. The van der Waals surface area contributed by atoms with Gasteiger partial charge in [0.05, 0.1) is 5.56 Å². The highest BCUT2D eigenvalue weighted by Crippen LogP contribution is 2.17. The summed E-state index contributed by atoms with van der Waals surface area (Å²) in [5.41, 5.74) is 2.36. The number of benzene rings is 3. The maximum Gasteiger partial charge on any atom is 0.339 e. The molecular weight excluding hydrogens is 394 g/mol. The first-order valence-corrected chi connectivity index (χ1v) is 9.82. The minimum absolute atomic E-state index is 0.0600. The van der Waals surface area contributed by atoms with E-state index in [1.807, 2.05) is 30.3 Å². The van der Waals surface area contributed by atoms with Crippen LogP contribution in [0.5, 0.6) is 5.75 Å². The van der Waals surface area contributed by atoms with Crippen LogP contribution in [0.3, 0.4) is 0 Å². The van der Waals surface area contributed by atoms with E-state index in [1.54, 1.807) is 48.5 Å². The van der Waals surface area contributed by atoms with E-state index < -0.39 is 18.0 Å². The van der Waals surface area contributed by atoms with Crippen molar-refractivity contribution in [2.75, 3.05) is 5.32 Å². The van der Waals surface area contributed by atoms with Gasteiger partial charge in [0.25, 0.3) is 5.91 Å². The van der Waals surface area contributed by atoms with Gasteiger partial charge in [-0.25, -0.2) is 4.79 Å². The zero-order valence-corrected chi connectivity index (χ0v) is 17.3. The quantitative estimate of drug-likeness (QED) is 0.426. The molecule has 1 N–H and O–H groups in total. The lowest BCUT2D eigenvalue weighted by atomic mass is 10.1. The van der Waals surface area contributed by atoms with Gasteiger partial charge in [-0.1, -0.05) is 36.4 Å². The van der Waals surface area contributed by atoms with Crippen LogP contribution < -0.4 is 10.1 Å². The Balaban J connectivity index is 1.56. The summed E-state index contributed by atoms with van der Waals surface area (Å²) in [7, 11) is 0. The fourth-order valence-electron chi connectivity index (χ4n) is 2.77. The molecule has 0 aliphatic heterocycles. The van der Waals surface area contributed by atoms with E-state index in [1.165, 1.54) is 13.8 Å². The molecule has 0 bridgehead atoms. The molecule has 31 heavy (non-hydrogen) atoms. The Labute approximate surface area is 180 Å². The molecule has 1 atom stereocenters. The van der Waals surface area contributed by atoms with Crippen molar-refractivity contribution in [2.24, 2.45) is 0 Å². The molecule has 0 aliphatic carbocycles. The van der Waals surface area contributed by atoms with E-state index in [2.05, 4.69) is 5.32 Å². The predicted molar refractivity (Wildman–Crippen MR) is 117 cm³/mol. The molecule has 158 valence electrons. The van der Waals surface area contributed by atoms with Crippen LogP contribution in [0.2, 0.25) is 0 Å². The Morgan fingerprint density at radius 2 is 1.58 bits per heavy atom. The monoisotopic (exact) mass is 417 g/mol. The number of Topliss-reactive ketones (excluding diaryl/α,β-unsaturated/α-hetero) is 1. The first-order valence-electron chi connectivity index (χ1n) is 9.82. The van der Waals surface area contributed by atoms with Crippen molar-refractivity contribution < 1.29 is 23.9 Å². The summed E-state index contributed by atoms with van der Waals surface area (Å²) in [5.74, 6) is -0.628. The third kappa shape index (κ3) is 6.27. The second kappa shape index (κ2) is 10.2. The number of carbonyl (C=O) groups is 3. The molecule has 0 fully saturated rings. The van der Waals surface area contributed by atoms with Gasteiger partial charge in [-0.15, -0.1) is 0 Å². The molecule has 3 aromatic rings. The van der Waals surface area contributed by atoms with Gasteiger partial charge in [0.1, 0.15) is 12.4 Å². The average Bonchev–Trinajstić information content (AvgIpc) is 2.79. The van der Waals surface area contributed by atoms with Gasteiger partial charge >= 0.3 is 5.97 Å². The molecule has 0 saturated carbocycles. The standard InChI is InChI=1S/C25H23NO5/c1-17(27)20-11-13-22(14-12-20)26-24(28)18(2)31-25(29)21-9-6-10-23(15-21)30-16-19-7-4-3-5-8-19/h3-15,18H,16H2,1-2H3,(H,26,28). The van der Waals surface area contributed by atoms with Gasteiger partial charge in [0.2, 0.25) is 0 Å². The molecule has 6 nitrogen and oxygen atoms in total. The predicted octanol–water partition coefficient (Wildman–Crippen LogP) is 4.65. The van der Waals surface area contributed by atoms with Crippen LogP contribution in [0.25, 0.3) is 0 Å². The first-order chi connectivity index (χ1) is 14.9. The summed E-state index contributed by atoms with van der Waals surface area (Å²) in [6.07, 6.45) is -1.01. The summed E-state index contributed by atoms with van der Waals surface area (Å²) < 4.78 is 11.0. The van der Waals surface area contributed by atoms with Gasteiger partial charge in [-0.05, 0) is 61.9 Å². The van der Waals surface area contributed by atoms with E-state index in [9.17, 15) is 14.4 Å². The SMILES string of the molecule is CC(=O)c1ccc(NC(=O)C(C)OC(=O)c2cccc(OCc3ccccc3)c2)cc1. The average molecular weight is 417 g/mol. The van der Waals surface area contributed by atoms with E-state index in [0.717, 1.165) is 5.56 Å². The van der Waals surface area contributed by atoms with Gasteiger partial charge in [0, 0.05) is 11.3 Å². The summed E-state index contributed by atoms with van der Waals surface area (Å²) >= 11 is 0. The van der Waals surface area contributed by atoms with Crippen molar-refractivity contribution in [3.63, 3.8) is 0 Å². The van der Waals surface area contributed by atoms with Crippen LogP contribution in [-0.2, 0) is 16.1 Å². The van der Waals surface area contributed by atoms with Gasteiger partial charge < -0.3 is 14.8 Å². The Hall–Kier alpha value is -3.93. The highest BCUT2D eigenvalue weighted by molar-refractivity contribution is 5.98. The van der Waals surface area contributed by atoms with Crippen molar-refractivity contribution >= 4 is 23.3 Å². The molecule has 3 rings (SSSR count). The number of anilines is 1. The van der Waals surface area contributed by atoms with Crippen LogP contribution in [0.4, 0.5) is 5.69 Å². The molecular formula is C25H23NO5. The number of rotatable bonds is 8. The third-order valence-electron chi connectivity index (χ3n) is 4.53. The van der Waals surface area contributed by atoms with Crippen molar-refractivity contribution in [1.29, 1.82) is 0 Å². The third-order valence-corrected chi connectivity index (χ3v) is 4.53. The maximum atomic E-state index is 12.5. The molecule has 6 heteroatoms. The summed E-state index contributed by atoms with van der Waals surface area (Å²) in [4.78, 5) is 36.1. The Morgan fingerprint density at radius 3 is 2.26 bits per heavy atom. The lowest BCUT2D eigenvalue weighted by molar-refractivity contribution is -0.123. The maximum absolute atomic E-state index is 12.5. The van der Waals surface area contributed by atoms with E-state index in [0.29, 0.717) is 23.6 Å². The number of amides is 1. The zero-order valence-electron chi connectivity index (χ0n) is 17.3. The fourth-order valence-corrected chi connectivity index (χ4v) is 2.77. The van der Waals surface area contributed by atoms with Crippen molar-refractivity contribution in [3.05, 3.63) is 95.6 Å². The Bertz CT molecular complexity index is 1060. The van der Waals surface area contributed by atoms with Crippen LogP contribution in [0, 0.1) is 0 Å². The number of hydrogen-bond acceptors (Lipinski definition) is 5. The fraction of sp³-hybridized carbons (Fsp3) is 0.160. The second-order valence-electron chi connectivity index (χ2n) is 6.97. The van der Waals surface area contributed by atoms with Crippen LogP contribution in [-0.4, -0.2) is 23.8 Å². The van der Waals surface area contributed by atoms with Crippen LogP contribution >= 0.6 is 0 Å². The number of hydrogen-bond donors (Lipinski definition) is 1. The smallest absolute Gasteiger partial charge is 0.339 e. The largest absolute Gasteiger partial charge is 0.489 e. The normalized spacial score (nSPS) is 11.3. The van der Waals surface area contributed by atoms with Crippen molar-refractivity contribution in [3.8, 4) is 5.75 Å². The van der Waals surface area contributed by atoms with Gasteiger partial charge in [0.15, 0.2) is 11.9 Å². The molecule has 0 aliphatic rings. The van der Waals surface area contributed by atoms with Crippen LogP contribution in [0.1, 0.15) is 40.1 Å². The minimum atomic E-state index is -1.01. The highest BCUT2D eigenvalue weighted by Gasteiger charge is 2.19.